The molecule has 0 aromatic carbocycles. The average molecular weight is 391 g/mol. The van der Waals surface area contributed by atoms with Gasteiger partial charge in [0.1, 0.15) is 0 Å². The molecule has 2 aliphatic rings. The highest BCUT2D eigenvalue weighted by molar-refractivity contribution is 5.76. The highest BCUT2D eigenvalue weighted by atomic mass is 16.1. The Morgan fingerprint density at radius 1 is 1.10 bits per heavy atom. The molecule has 1 amide bonds. The molecule has 3 aromatic heterocycles. The second-order valence-corrected chi connectivity index (χ2v) is 8.02. The second-order valence-electron chi connectivity index (χ2n) is 8.02. The number of carbonyl (C=O) groups is 1. The molecule has 1 atom stereocenters. The molecule has 0 saturated carbocycles. The van der Waals surface area contributed by atoms with Gasteiger partial charge in [0, 0.05) is 42.9 Å². The predicted octanol–water partition coefficient (Wildman–Crippen LogP) is 2.03. The van der Waals surface area contributed by atoms with Gasteiger partial charge in [-0.3, -0.25) is 9.78 Å². The number of hydrogen-bond donors (Lipinski definition) is 1. The van der Waals surface area contributed by atoms with E-state index >= 15 is 0 Å². The Balaban J connectivity index is 1.28. The van der Waals surface area contributed by atoms with E-state index in [2.05, 4.69) is 25.4 Å². The molecule has 2 aliphatic heterocycles. The van der Waals surface area contributed by atoms with Crippen molar-refractivity contribution in [1.29, 1.82) is 0 Å². The lowest BCUT2D eigenvalue weighted by Crippen LogP contribution is -2.48. The smallest absolute Gasteiger partial charge is 0.220 e. The first kappa shape index (κ1) is 18.2. The van der Waals surface area contributed by atoms with Crippen LogP contribution in [0.3, 0.4) is 0 Å². The van der Waals surface area contributed by atoms with Gasteiger partial charge in [0.15, 0.2) is 11.5 Å². The molecule has 1 N–H and O–H groups in total. The summed E-state index contributed by atoms with van der Waals surface area (Å²) in [5.74, 6) is 1.48. The van der Waals surface area contributed by atoms with Crippen LogP contribution < -0.4 is 5.32 Å². The summed E-state index contributed by atoms with van der Waals surface area (Å²) in [5, 5.41) is 16.7. The van der Waals surface area contributed by atoms with Crippen LogP contribution in [0.15, 0.2) is 36.7 Å². The molecule has 5 heterocycles. The number of rotatable bonds is 4. The number of fused-ring (bicyclic) bond motifs is 1. The summed E-state index contributed by atoms with van der Waals surface area (Å²) in [5.41, 5.74) is 2.63. The molecule has 2 saturated heterocycles. The van der Waals surface area contributed by atoms with Gasteiger partial charge in [-0.15, -0.1) is 10.2 Å². The maximum Gasteiger partial charge on any atom is 0.220 e. The fourth-order valence-electron chi connectivity index (χ4n) is 4.43. The number of pyridine rings is 1. The summed E-state index contributed by atoms with van der Waals surface area (Å²) in [4.78, 5) is 18.3. The molecule has 0 bridgehead atoms. The highest BCUT2D eigenvalue weighted by Crippen LogP contribution is 2.28. The number of carbonyl (C=O) groups excluding carboxylic acids is 1. The first-order chi connectivity index (χ1) is 14.3. The van der Waals surface area contributed by atoms with E-state index in [1.54, 1.807) is 6.20 Å². The predicted molar refractivity (Wildman–Crippen MR) is 108 cm³/mol. The SMILES string of the molecule is O=C1CCCC(CN2CCC(c3nnc4ccc(-c5cccnc5)nn34)CC2)N1. The van der Waals surface area contributed by atoms with E-state index in [-0.39, 0.29) is 5.91 Å². The van der Waals surface area contributed by atoms with Crippen molar-refractivity contribution in [2.24, 2.45) is 0 Å². The Labute approximate surface area is 169 Å². The highest BCUT2D eigenvalue weighted by Gasteiger charge is 2.27. The van der Waals surface area contributed by atoms with Crippen LogP contribution in [0.25, 0.3) is 16.9 Å². The first-order valence-electron chi connectivity index (χ1n) is 10.4. The van der Waals surface area contributed by atoms with Gasteiger partial charge in [0.05, 0.1) is 5.69 Å². The lowest BCUT2D eigenvalue weighted by atomic mass is 9.95. The largest absolute Gasteiger partial charge is 0.352 e. The fraction of sp³-hybridized carbons (Fsp3) is 0.476. The van der Waals surface area contributed by atoms with Gasteiger partial charge in [-0.1, -0.05) is 0 Å². The van der Waals surface area contributed by atoms with E-state index in [9.17, 15) is 4.79 Å². The topological polar surface area (TPSA) is 88.3 Å². The number of amides is 1. The Morgan fingerprint density at radius 3 is 2.79 bits per heavy atom. The minimum Gasteiger partial charge on any atom is -0.352 e. The van der Waals surface area contributed by atoms with Crippen molar-refractivity contribution in [3.8, 4) is 11.3 Å². The molecular weight excluding hydrogens is 366 g/mol. The molecule has 1 unspecified atom stereocenters. The van der Waals surface area contributed by atoms with Gasteiger partial charge < -0.3 is 10.2 Å². The zero-order valence-corrected chi connectivity index (χ0v) is 16.4. The zero-order chi connectivity index (χ0) is 19.6. The van der Waals surface area contributed by atoms with Crippen molar-refractivity contribution in [2.45, 2.75) is 44.1 Å². The summed E-state index contributed by atoms with van der Waals surface area (Å²) in [6.45, 7) is 2.96. The van der Waals surface area contributed by atoms with Crippen LogP contribution in [-0.2, 0) is 4.79 Å². The maximum absolute atomic E-state index is 11.6. The van der Waals surface area contributed by atoms with Crippen LogP contribution in [0.1, 0.15) is 43.8 Å². The van der Waals surface area contributed by atoms with Crippen molar-refractivity contribution < 1.29 is 4.79 Å². The summed E-state index contributed by atoms with van der Waals surface area (Å²) >= 11 is 0. The number of piperidine rings is 2. The van der Waals surface area contributed by atoms with Gasteiger partial charge in [-0.05, 0) is 63.0 Å². The molecule has 29 heavy (non-hydrogen) atoms. The van der Waals surface area contributed by atoms with Crippen LogP contribution in [0, 0.1) is 0 Å². The van der Waals surface area contributed by atoms with E-state index in [0.717, 1.165) is 68.0 Å². The van der Waals surface area contributed by atoms with E-state index in [1.807, 2.05) is 35.0 Å². The van der Waals surface area contributed by atoms with Gasteiger partial charge in [0.2, 0.25) is 5.91 Å². The molecule has 150 valence electrons. The van der Waals surface area contributed by atoms with Crippen LogP contribution in [-0.4, -0.2) is 61.3 Å². The van der Waals surface area contributed by atoms with Crippen molar-refractivity contribution in [3.05, 3.63) is 42.5 Å². The van der Waals surface area contributed by atoms with Gasteiger partial charge in [-0.25, -0.2) is 0 Å². The van der Waals surface area contributed by atoms with E-state index in [0.29, 0.717) is 18.4 Å². The lowest BCUT2D eigenvalue weighted by Gasteiger charge is -2.35. The summed E-state index contributed by atoms with van der Waals surface area (Å²) in [6.07, 6.45) is 8.40. The maximum atomic E-state index is 11.6. The number of nitrogens with zero attached hydrogens (tertiary/aromatic N) is 6. The standard InChI is InChI=1S/C21H25N7O/c29-20-5-1-4-17(23-20)14-27-11-8-15(9-12-27)21-25-24-19-7-6-18(26-28(19)21)16-3-2-10-22-13-16/h2-3,6-7,10,13,15,17H,1,4-5,8-9,11-12,14H2,(H,23,29). The van der Waals surface area contributed by atoms with Gasteiger partial charge in [0.25, 0.3) is 0 Å². The second kappa shape index (κ2) is 7.87. The Kier molecular flexibility index (Phi) is 4.93. The van der Waals surface area contributed by atoms with Crippen LogP contribution >= 0.6 is 0 Å². The Bertz CT molecular complexity index is 995. The monoisotopic (exact) mass is 391 g/mol. The molecule has 5 rings (SSSR count). The lowest BCUT2D eigenvalue weighted by molar-refractivity contribution is -0.123. The third-order valence-electron chi connectivity index (χ3n) is 6.00. The Hall–Kier alpha value is -2.87. The van der Waals surface area contributed by atoms with E-state index in [1.165, 1.54) is 0 Å². The third kappa shape index (κ3) is 3.85. The van der Waals surface area contributed by atoms with Crippen molar-refractivity contribution in [1.82, 2.24) is 35.0 Å². The van der Waals surface area contributed by atoms with Crippen LogP contribution in [0.5, 0.6) is 0 Å². The molecule has 0 radical (unpaired) electrons. The molecular formula is C21H25N7O. The van der Waals surface area contributed by atoms with Crippen molar-refractivity contribution >= 4 is 11.6 Å². The minimum absolute atomic E-state index is 0.196. The minimum atomic E-state index is 0.196. The van der Waals surface area contributed by atoms with Gasteiger partial charge in [-0.2, -0.15) is 9.61 Å². The molecule has 0 spiro atoms. The molecule has 3 aromatic rings. The quantitative estimate of drug-likeness (QED) is 0.732. The van der Waals surface area contributed by atoms with Crippen molar-refractivity contribution in [2.75, 3.05) is 19.6 Å². The first-order valence-corrected chi connectivity index (χ1v) is 10.4. The fourth-order valence-corrected chi connectivity index (χ4v) is 4.43. The zero-order valence-electron chi connectivity index (χ0n) is 16.4. The summed E-state index contributed by atoms with van der Waals surface area (Å²) in [7, 11) is 0. The molecule has 8 nitrogen and oxygen atoms in total. The molecule has 0 aliphatic carbocycles. The Morgan fingerprint density at radius 2 is 2.00 bits per heavy atom. The summed E-state index contributed by atoms with van der Waals surface area (Å²) in [6, 6.07) is 8.15. The molecule has 8 heteroatoms. The normalized spacial score (nSPS) is 21.4. The summed E-state index contributed by atoms with van der Waals surface area (Å²) < 4.78 is 1.89. The average Bonchev–Trinajstić information content (AvgIpc) is 3.18. The van der Waals surface area contributed by atoms with Gasteiger partial charge >= 0.3 is 0 Å². The third-order valence-corrected chi connectivity index (χ3v) is 6.00. The van der Waals surface area contributed by atoms with Crippen molar-refractivity contribution in [3.63, 3.8) is 0 Å². The van der Waals surface area contributed by atoms with Crippen LogP contribution in [0.4, 0.5) is 0 Å². The van der Waals surface area contributed by atoms with Crippen LogP contribution in [0.2, 0.25) is 0 Å². The van der Waals surface area contributed by atoms with E-state index < -0.39 is 0 Å². The van der Waals surface area contributed by atoms with E-state index in [4.69, 9.17) is 5.10 Å². The number of nitrogens with one attached hydrogen (secondary N) is 1. The number of hydrogen-bond acceptors (Lipinski definition) is 6. The number of aromatic nitrogens is 5. The number of likely N-dealkylation sites (tertiary alicyclic amines) is 1. The molecule has 2 fully saturated rings.